The topological polar surface area (TPSA) is 39.9 Å². The van der Waals surface area contributed by atoms with Gasteiger partial charge in [0.15, 0.2) is 0 Å². The summed E-state index contributed by atoms with van der Waals surface area (Å²) in [5.74, 6) is 1.87. The molecule has 0 saturated heterocycles. The van der Waals surface area contributed by atoms with E-state index in [0.29, 0.717) is 0 Å². The number of imidazole rings is 1. The number of nitrogens with zero attached hydrogens (tertiary/aromatic N) is 3. The molecule has 0 aliphatic rings. The SMILES string of the molecule is CSCCc1c(-c2ccccc2)ncn1CC(C)Oc1cccnc1. The van der Waals surface area contributed by atoms with Gasteiger partial charge in [-0.3, -0.25) is 4.98 Å². The quantitative estimate of drug-likeness (QED) is 0.605. The van der Waals surface area contributed by atoms with E-state index in [1.807, 2.05) is 36.3 Å². The van der Waals surface area contributed by atoms with Crippen LogP contribution in [0.3, 0.4) is 0 Å². The summed E-state index contributed by atoms with van der Waals surface area (Å²) in [5.41, 5.74) is 3.50. The van der Waals surface area contributed by atoms with Crippen molar-refractivity contribution in [2.45, 2.75) is 26.0 Å². The number of hydrogen-bond donors (Lipinski definition) is 0. The van der Waals surface area contributed by atoms with Crippen LogP contribution in [0.2, 0.25) is 0 Å². The Balaban J connectivity index is 1.79. The number of aromatic nitrogens is 3. The molecule has 3 aromatic rings. The average molecular weight is 353 g/mol. The molecule has 0 bridgehead atoms. The number of hydrogen-bond acceptors (Lipinski definition) is 4. The van der Waals surface area contributed by atoms with Gasteiger partial charge in [-0.2, -0.15) is 11.8 Å². The molecule has 0 aliphatic heterocycles. The van der Waals surface area contributed by atoms with Gasteiger partial charge in [0.1, 0.15) is 11.9 Å². The third kappa shape index (κ3) is 4.63. The maximum atomic E-state index is 5.98. The zero-order valence-electron chi connectivity index (χ0n) is 14.6. The van der Waals surface area contributed by atoms with E-state index in [0.717, 1.165) is 35.7 Å². The van der Waals surface area contributed by atoms with Gasteiger partial charge >= 0.3 is 0 Å². The van der Waals surface area contributed by atoms with Gasteiger partial charge < -0.3 is 9.30 Å². The summed E-state index contributed by atoms with van der Waals surface area (Å²) in [6, 6.07) is 14.2. The maximum Gasteiger partial charge on any atom is 0.138 e. The summed E-state index contributed by atoms with van der Waals surface area (Å²) in [5, 5.41) is 0. The Labute approximate surface area is 153 Å². The van der Waals surface area contributed by atoms with Crippen LogP contribution in [-0.4, -0.2) is 32.6 Å². The Morgan fingerprint density at radius 3 is 2.72 bits per heavy atom. The minimum absolute atomic E-state index is 0.0371. The number of thioether (sulfide) groups is 1. The molecule has 2 aromatic heterocycles. The third-order valence-corrected chi connectivity index (χ3v) is 4.57. The predicted molar refractivity (Wildman–Crippen MR) is 104 cm³/mol. The van der Waals surface area contributed by atoms with E-state index >= 15 is 0 Å². The molecule has 1 aromatic carbocycles. The molecule has 0 aliphatic carbocycles. The molecule has 130 valence electrons. The van der Waals surface area contributed by atoms with Crippen molar-refractivity contribution < 1.29 is 4.74 Å². The number of ether oxygens (including phenoxy) is 1. The molecular formula is C20H23N3OS. The summed E-state index contributed by atoms with van der Waals surface area (Å²) in [7, 11) is 0. The van der Waals surface area contributed by atoms with Crippen LogP contribution in [0.25, 0.3) is 11.3 Å². The first-order chi connectivity index (χ1) is 12.3. The monoisotopic (exact) mass is 353 g/mol. The number of benzene rings is 1. The number of pyridine rings is 1. The Morgan fingerprint density at radius 2 is 2.00 bits per heavy atom. The average Bonchev–Trinajstić information content (AvgIpc) is 3.03. The lowest BCUT2D eigenvalue weighted by Crippen LogP contribution is -2.20. The highest BCUT2D eigenvalue weighted by molar-refractivity contribution is 7.98. The molecule has 5 heteroatoms. The van der Waals surface area contributed by atoms with Crippen molar-refractivity contribution in [3.63, 3.8) is 0 Å². The van der Waals surface area contributed by atoms with Crippen molar-refractivity contribution >= 4 is 11.8 Å². The van der Waals surface area contributed by atoms with E-state index < -0.39 is 0 Å². The van der Waals surface area contributed by atoms with Crippen LogP contribution in [0.4, 0.5) is 0 Å². The fraction of sp³-hybridized carbons (Fsp3) is 0.300. The summed E-state index contributed by atoms with van der Waals surface area (Å²) in [6.45, 7) is 2.84. The van der Waals surface area contributed by atoms with Crippen LogP contribution in [0.15, 0.2) is 61.2 Å². The first-order valence-electron chi connectivity index (χ1n) is 8.43. The highest BCUT2D eigenvalue weighted by Gasteiger charge is 2.15. The van der Waals surface area contributed by atoms with Crippen molar-refractivity contribution in [3.8, 4) is 17.0 Å². The fourth-order valence-electron chi connectivity index (χ4n) is 2.83. The van der Waals surface area contributed by atoms with E-state index in [9.17, 15) is 0 Å². The second-order valence-electron chi connectivity index (χ2n) is 5.92. The van der Waals surface area contributed by atoms with Gasteiger partial charge in [-0.05, 0) is 37.5 Å². The van der Waals surface area contributed by atoms with Crippen LogP contribution >= 0.6 is 11.8 Å². The van der Waals surface area contributed by atoms with Gasteiger partial charge in [-0.25, -0.2) is 4.98 Å². The highest BCUT2D eigenvalue weighted by atomic mass is 32.2. The molecule has 25 heavy (non-hydrogen) atoms. The molecule has 1 atom stereocenters. The summed E-state index contributed by atoms with van der Waals surface area (Å²) in [4.78, 5) is 8.78. The van der Waals surface area contributed by atoms with Crippen molar-refractivity contribution in [1.29, 1.82) is 0 Å². The van der Waals surface area contributed by atoms with Crippen LogP contribution < -0.4 is 4.74 Å². The Bertz CT molecular complexity index is 774. The molecule has 2 heterocycles. The second-order valence-corrected chi connectivity index (χ2v) is 6.90. The van der Waals surface area contributed by atoms with E-state index in [2.05, 4.69) is 52.0 Å². The van der Waals surface area contributed by atoms with Gasteiger partial charge in [0.25, 0.3) is 0 Å². The largest absolute Gasteiger partial charge is 0.487 e. The van der Waals surface area contributed by atoms with E-state index in [1.54, 1.807) is 12.4 Å². The zero-order valence-corrected chi connectivity index (χ0v) is 15.4. The molecule has 0 radical (unpaired) electrons. The second kappa shape index (κ2) is 8.72. The van der Waals surface area contributed by atoms with E-state index in [4.69, 9.17) is 4.74 Å². The third-order valence-electron chi connectivity index (χ3n) is 3.96. The molecule has 0 spiro atoms. The summed E-state index contributed by atoms with van der Waals surface area (Å²) in [6.07, 6.45) is 8.59. The van der Waals surface area contributed by atoms with Crippen molar-refractivity contribution in [1.82, 2.24) is 14.5 Å². The Kier molecular flexibility index (Phi) is 6.12. The lowest BCUT2D eigenvalue weighted by Gasteiger charge is -2.17. The fourth-order valence-corrected chi connectivity index (χ4v) is 3.22. The normalized spacial score (nSPS) is 12.1. The van der Waals surface area contributed by atoms with Gasteiger partial charge in [0.05, 0.1) is 24.8 Å². The molecule has 4 nitrogen and oxygen atoms in total. The smallest absolute Gasteiger partial charge is 0.138 e. The van der Waals surface area contributed by atoms with Crippen LogP contribution in [-0.2, 0) is 13.0 Å². The molecule has 0 amide bonds. The zero-order chi connectivity index (χ0) is 17.5. The van der Waals surface area contributed by atoms with E-state index in [-0.39, 0.29) is 6.10 Å². The molecule has 0 N–H and O–H groups in total. The molecular weight excluding hydrogens is 330 g/mol. The lowest BCUT2D eigenvalue weighted by molar-refractivity contribution is 0.197. The Hall–Kier alpha value is -2.27. The first kappa shape index (κ1) is 17.5. The van der Waals surface area contributed by atoms with Crippen molar-refractivity contribution in [3.05, 3.63) is 66.9 Å². The van der Waals surface area contributed by atoms with Crippen molar-refractivity contribution in [2.75, 3.05) is 12.0 Å². The van der Waals surface area contributed by atoms with Gasteiger partial charge in [-0.1, -0.05) is 30.3 Å². The van der Waals surface area contributed by atoms with E-state index in [1.165, 1.54) is 5.69 Å². The van der Waals surface area contributed by atoms with Crippen LogP contribution in [0, 0.1) is 0 Å². The predicted octanol–water partition coefficient (Wildman–Crippen LogP) is 4.32. The minimum Gasteiger partial charge on any atom is -0.487 e. The highest BCUT2D eigenvalue weighted by Crippen LogP contribution is 2.24. The summed E-state index contributed by atoms with van der Waals surface area (Å²) >= 11 is 1.85. The molecule has 1 unspecified atom stereocenters. The van der Waals surface area contributed by atoms with Gasteiger partial charge in [0.2, 0.25) is 0 Å². The standard InChI is InChI=1S/C20H23N3OS/c1-16(24-18-9-6-11-21-13-18)14-23-15-22-20(19(23)10-12-25-2)17-7-4-3-5-8-17/h3-9,11,13,15-16H,10,12,14H2,1-2H3. The molecule has 3 rings (SSSR count). The summed E-state index contributed by atoms with van der Waals surface area (Å²) < 4.78 is 8.20. The lowest BCUT2D eigenvalue weighted by atomic mass is 10.1. The Morgan fingerprint density at radius 1 is 1.16 bits per heavy atom. The first-order valence-corrected chi connectivity index (χ1v) is 9.82. The minimum atomic E-state index is 0.0371. The van der Waals surface area contributed by atoms with Gasteiger partial charge in [0, 0.05) is 17.5 Å². The van der Waals surface area contributed by atoms with Crippen LogP contribution in [0.1, 0.15) is 12.6 Å². The van der Waals surface area contributed by atoms with Crippen LogP contribution in [0.5, 0.6) is 5.75 Å². The van der Waals surface area contributed by atoms with Gasteiger partial charge in [-0.15, -0.1) is 0 Å². The molecule has 0 fully saturated rings. The van der Waals surface area contributed by atoms with Crippen molar-refractivity contribution in [2.24, 2.45) is 0 Å². The molecule has 0 saturated carbocycles. The maximum absolute atomic E-state index is 5.98. The number of rotatable bonds is 8.